The van der Waals surface area contributed by atoms with Gasteiger partial charge in [-0.05, 0) is 33.6 Å². The summed E-state index contributed by atoms with van der Waals surface area (Å²) in [5.74, 6) is -2.36. The molecule has 0 bridgehead atoms. The number of allylic oxidation sites excluding steroid dienone is 3. The van der Waals surface area contributed by atoms with Gasteiger partial charge in [-0.15, -0.1) is 0 Å². The molecule has 34 heavy (non-hydrogen) atoms. The van der Waals surface area contributed by atoms with Gasteiger partial charge < -0.3 is 19.1 Å². The number of nitro benzene ring substituents is 1. The molecule has 184 valence electrons. The Labute approximate surface area is 199 Å². The number of nitrogens with zero attached hydrogens (tertiary/aromatic N) is 2. The predicted octanol–water partition coefficient (Wildman–Crippen LogP) is 5.79. The Bertz CT molecular complexity index is 1110. The van der Waals surface area contributed by atoms with Crippen LogP contribution in [0.1, 0.15) is 64.4 Å². The molecule has 0 radical (unpaired) electrons. The maximum atomic E-state index is 14.3. The molecule has 2 heterocycles. The fourth-order valence-corrected chi connectivity index (χ4v) is 7.99. The number of aliphatic carboxylic acids is 1. The Morgan fingerprint density at radius 1 is 1.18 bits per heavy atom. The zero-order valence-electron chi connectivity index (χ0n) is 19.8. The van der Waals surface area contributed by atoms with Crippen molar-refractivity contribution in [2.75, 3.05) is 19.8 Å². The summed E-state index contributed by atoms with van der Waals surface area (Å²) in [6.07, 6.45) is 5.14. The van der Waals surface area contributed by atoms with Crippen molar-refractivity contribution in [2.45, 2.75) is 58.8 Å². The fourth-order valence-electron chi connectivity index (χ4n) is 5.65. The normalized spacial score (nSPS) is 24.4. The molecular formula is C24H31N2O7P. The Balaban J connectivity index is 1.88. The Kier molecular flexibility index (Phi) is 6.73. The highest BCUT2D eigenvalue weighted by Crippen LogP contribution is 2.68. The highest BCUT2D eigenvalue weighted by molar-refractivity contribution is 7.58. The summed E-state index contributed by atoms with van der Waals surface area (Å²) in [5.41, 5.74) is 0.686. The van der Waals surface area contributed by atoms with E-state index in [-0.39, 0.29) is 40.8 Å². The minimum absolute atomic E-state index is 0.0582. The monoisotopic (exact) mass is 490 g/mol. The molecule has 2 aliphatic heterocycles. The van der Waals surface area contributed by atoms with Crippen LogP contribution in [-0.2, 0) is 18.4 Å². The molecule has 1 saturated heterocycles. The molecule has 1 saturated carbocycles. The first-order valence-corrected chi connectivity index (χ1v) is 13.2. The lowest BCUT2D eigenvalue weighted by Gasteiger charge is -2.45. The number of carboxylic acid groups (broad SMARTS) is 1. The molecule has 0 aromatic heterocycles. The maximum absolute atomic E-state index is 14.3. The summed E-state index contributed by atoms with van der Waals surface area (Å²) in [6, 6.07) is 6.00. The number of carboxylic acids is 1. The lowest BCUT2D eigenvalue weighted by molar-refractivity contribution is -0.385. The van der Waals surface area contributed by atoms with Crippen molar-refractivity contribution in [1.82, 2.24) is 4.90 Å². The number of para-hydroxylation sites is 1. The van der Waals surface area contributed by atoms with Crippen LogP contribution in [0.3, 0.4) is 0 Å². The van der Waals surface area contributed by atoms with Crippen molar-refractivity contribution in [3.8, 4) is 0 Å². The fraction of sp³-hybridized carbons (Fsp3) is 0.542. The first kappa shape index (κ1) is 24.6. The van der Waals surface area contributed by atoms with Crippen molar-refractivity contribution in [2.24, 2.45) is 5.41 Å². The van der Waals surface area contributed by atoms with E-state index in [0.717, 1.165) is 32.1 Å². The van der Waals surface area contributed by atoms with Gasteiger partial charge in [-0.1, -0.05) is 37.5 Å². The molecule has 9 nitrogen and oxygen atoms in total. The molecule has 0 amide bonds. The third kappa shape index (κ3) is 4.10. The smallest absolute Gasteiger partial charge is 0.360 e. The van der Waals surface area contributed by atoms with Crippen LogP contribution in [0.2, 0.25) is 0 Å². The summed E-state index contributed by atoms with van der Waals surface area (Å²) < 4.78 is 26.4. The Morgan fingerprint density at radius 3 is 2.35 bits per heavy atom. The third-order valence-electron chi connectivity index (χ3n) is 7.41. The lowest BCUT2D eigenvalue weighted by atomic mass is 9.75. The number of benzene rings is 1. The minimum atomic E-state index is -3.95. The maximum Gasteiger partial charge on any atom is 0.360 e. The third-order valence-corrected chi connectivity index (χ3v) is 9.52. The molecule has 1 aliphatic carbocycles. The summed E-state index contributed by atoms with van der Waals surface area (Å²) >= 11 is 0. The zero-order chi connectivity index (χ0) is 24.7. The van der Waals surface area contributed by atoms with Crippen molar-refractivity contribution in [3.63, 3.8) is 0 Å². The van der Waals surface area contributed by atoms with Gasteiger partial charge in [0.25, 0.3) is 5.69 Å². The number of carbonyl (C=O) groups is 1. The van der Waals surface area contributed by atoms with Gasteiger partial charge in [-0.25, -0.2) is 4.79 Å². The topological polar surface area (TPSA) is 119 Å². The van der Waals surface area contributed by atoms with E-state index in [0.29, 0.717) is 17.9 Å². The van der Waals surface area contributed by atoms with Crippen LogP contribution in [0, 0.1) is 15.5 Å². The van der Waals surface area contributed by atoms with E-state index < -0.39 is 24.4 Å². The molecule has 2 fully saturated rings. The molecular weight excluding hydrogens is 459 g/mol. The van der Waals surface area contributed by atoms with Gasteiger partial charge in [-0.3, -0.25) is 14.7 Å². The second-order valence-electron chi connectivity index (χ2n) is 9.37. The van der Waals surface area contributed by atoms with Crippen LogP contribution in [-0.4, -0.2) is 40.7 Å². The summed E-state index contributed by atoms with van der Waals surface area (Å²) in [7, 11) is -3.95. The van der Waals surface area contributed by atoms with E-state index in [9.17, 15) is 24.6 Å². The van der Waals surface area contributed by atoms with E-state index in [4.69, 9.17) is 9.05 Å². The SMILES string of the molecule is CCN1C(C)=C(C(=O)O)C(c2ccccc2[N+](=O)[O-])C(P2(=O)OCC3(CCCCC3)CO2)=C1C. The van der Waals surface area contributed by atoms with Crippen molar-refractivity contribution in [3.05, 3.63) is 62.2 Å². The average molecular weight is 490 g/mol. The molecule has 1 spiro atoms. The standard InChI is InChI=1S/C24H31N2O7P/c1-4-25-16(2)20(23(27)28)21(18-10-6-7-11-19(18)26(29)30)22(17(25)3)34(31)32-14-24(15-33-34)12-8-5-9-13-24/h6-7,10-11,21H,4-5,8-9,12-15H2,1-3H3,(H,27,28). The first-order valence-electron chi connectivity index (χ1n) is 11.7. The van der Waals surface area contributed by atoms with Gasteiger partial charge in [-0.2, -0.15) is 0 Å². The van der Waals surface area contributed by atoms with Crippen molar-refractivity contribution >= 4 is 19.3 Å². The Morgan fingerprint density at radius 2 is 1.79 bits per heavy atom. The van der Waals surface area contributed by atoms with E-state index in [1.54, 1.807) is 24.8 Å². The number of hydrogen-bond acceptors (Lipinski definition) is 7. The Hall–Kier alpha value is -2.48. The largest absolute Gasteiger partial charge is 0.478 e. The second kappa shape index (κ2) is 9.29. The van der Waals surface area contributed by atoms with Crippen LogP contribution in [0.5, 0.6) is 0 Å². The lowest BCUT2D eigenvalue weighted by Crippen LogP contribution is -2.39. The van der Waals surface area contributed by atoms with Crippen molar-refractivity contribution in [1.29, 1.82) is 0 Å². The first-order chi connectivity index (χ1) is 16.1. The number of hydrogen-bond donors (Lipinski definition) is 1. The van der Waals surface area contributed by atoms with Gasteiger partial charge >= 0.3 is 13.6 Å². The van der Waals surface area contributed by atoms with Crippen LogP contribution >= 0.6 is 7.60 Å². The van der Waals surface area contributed by atoms with Crippen LogP contribution in [0.25, 0.3) is 0 Å². The number of rotatable bonds is 5. The van der Waals surface area contributed by atoms with E-state index in [1.807, 2.05) is 6.92 Å². The van der Waals surface area contributed by atoms with E-state index >= 15 is 0 Å². The van der Waals surface area contributed by atoms with E-state index in [1.165, 1.54) is 18.2 Å². The van der Waals surface area contributed by atoms with Crippen LogP contribution < -0.4 is 0 Å². The zero-order valence-corrected chi connectivity index (χ0v) is 20.7. The average Bonchev–Trinajstić information content (AvgIpc) is 2.81. The molecule has 4 rings (SSSR count). The van der Waals surface area contributed by atoms with Crippen LogP contribution in [0.4, 0.5) is 5.69 Å². The highest BCUT2D eigenvalue weighted by atomic mass is 31.2. The van der Waals surface area contributed by atoms with Gasteiger partial charge in [0.2, 0.25) is 0 Å². The quantitative estimate of drug-likeness (QED) is 0.313. The molecule has 1 aromatic rings. The van der Waals surface area contributed by atoms with Crippen molar-refractivity contribution < 1.29 is 28.4 Å². The molecule has 1 atom stereocenters. The summed E-state index contributed by atoms with van der Waals surface area (Å²) in [4.78, 5) is 25.6. The van der Waals surface area contributed by atoms with Gasteiger partial charge in [0.1, 0.15) is 0 Å². The molecule has 3 aliphatic rings. The molecule has 1 aromatic carbocycles. The summed E-state index contributed by atoms with van der Waals surface area (Å²) in [5, 5.41) is 22.3. The number of nitro groups is 1. The molecule has 1 unspecified atom stereocenters. The predicted molar refractivity (Wildman–Crippen MR) is 126 cm³/mol. The van der Waals surface area contributed by atoms with Gasteiger partial charge in [0.15, 0.2) is 0 Å². The van der Waals surface area contributed by atoms with E-state index in [2.05, 4.69) is 0 Å². The minimum Gasteiger partial charge on any atom is -0.478 e. The molecule has 10 heteroatoms. The highest BCUT2D eigenvalue weighted by Gasteiger charge is 2.51. The second-order valence-corrected chi connectivity index (χ2v) is 11.4. The molecule has 1 N–H and O–H groups in total. The van der Waals surface area contributed by atoms with Gasteiger partial charge in [0, 0.05) is 35.0 Å². The van der Waals surface area contributed by atoms with Gasteiger partial charge in [0.05, 0.1) is 34.9 Å². The summed E-state index contributed by atoms with van der Waals surface area (Å²) in [6.45, 7) is 6.25. The van der Waals surface area contributed by atoms with Crippen LogP contribution in [0.15, 0.2) is 46.5 Å².